The summed E-state index contributed by atoms with van der Waals surface area (Å²) in [5, 5.41) is 19.1. The minimum absolute atomic E-state index is 0.223. The number of nitrogens with zero attached hydrogens (tertiary/aromatic N) is 4. The van der Waals surface area contributed by atoms with Gasteiger partial charge in [0.1, 0.15) is 0 Å². The van der Waals surface area contributed by atoms with E-state index >= 15 is 0 Å². The highest BCUT2D eigenvalue weighted by Gasteiger charge is 2.32. The van der Waals surface area contributed by atoms with Crippen molar-refractivity contribution in [3.05, 3.63) is 96.1 Å². The molecule has 8 heteroatoms. The Balaban J connectivity index is 1.06. The Kier molecular flexibility index (Phi) is 5.46. The second-order valence-corrected chi connectivity index (χ2v) is 8.64. The van der Waals surface area contributed by atoms with Crippen LogP contribution < -0.4 is 5.32 Å². The summed E-state index contributed by atoms with van der Waals surface area (Å²) in [5.74, 6) is 0.119. The van der Waals surface area contributed by atoms with Gasteiger partial charge >= 0.3 is 0 Å². The molecule has 2 amide bonds. The SMILES string of the molecule is O=C1c2cccc3cccc(c23)C(=O)N1CCCNc1ccc(-c2ccc(-c3nn[nH]n3)cc2)cc1. The van der Waals surface area contributed by atoms with Gasteiger partial charge in [-0.05, 0) is 52.4 Å². The highest BCUT2D eigenvalue weighted by molar-refractivity contribution is 6.25. The van der Waals surface area contributed by atoms with Gasteiger partial charge in [0.2, 0.25) is 5.82 Å². The van der Waals surface area contributed by atoms with E-state index in [1.807, 2.05) is 60.7 Å². The van der Waals surface area contributed by atoms with Crippen molar-refractivity contribution in [2.75, 3.05) is 18.4 Å². The Morgan fingerprint density at radius 1 is 0.750 bits per heavy atom. The van der Waals surface area contributed by atoms with Crippen LogP contribution in [0.4, 0.5) is 5.69 Å². The van der Waals surface area contributed by atoms with E-state index < -0.39 is 0 Å². The van der Waals surface area contributed by atoms with Crippen LogP contribution in [0, 0.1) is 0 Å². The van der Waals surface area contributed by atoms with Crippen LogP contribution in [-0.4, -0.2) is 50.4 Å². The summed E-state index contributed by atoms with van der Waals surface area (Å²) in [6.45, 7) is 1.00. The zero-order chi connectivity index (χ0) is 24.5. The molecule has 0 unspecified atom stereocenters. The largest absolute Gasteiger partial charge is 0.385 e. The predicted octanol–water partition coefficient (Wildman–Crippen LogP) is 4.79. The van der Waals surface area contributed by atoms with Gasteiger partial charge in [-0.3, -0.25) is 14.5 Å². The number of hydrogen-bond donors (Lipinski definition) is 2. The summed E-state index contributed by atoms with van der Waals surface area (Å²) < 4.78 is 0. The van der Waals surface area contributed by atoms with Gasteiger partial charge < -0.3 is 5.32 Å². The van der Waals surface area contributed by atoms with Crippen LogP contribution in [0.5, 0.6) is 0 Å². The van der Waals surface area contributed by atoms with E-state index in [4.69, 9.17) is 0 Å². The zero-order valence-corrected chi connectivity index (χ0v) is 19.3. The zero-order valence-electron chi connectivity index (χ0n) is 19.3. The van der Waals surface area contributed by atoms with Crippen molar-refractivity contribution in [3.63, 3.8) is 0 Å². The molecule has 5 aromatic rings. The smallest absolute Gasteiger partial charge is 0.261 e. The summed E-state index contributed by atoms with van der Waals surface area (Å²) in [5.41, 5.74) is 5.25. The van der Waals surface area contributed by atoms with Crippen LogP contribution in [0.3, 0.4) is 0 Å². The number of tetrazole rings is 1. The van der Waals surface area contributed by atoms with Crippen molar-refractivity contribution >= 4 is 28.3 Å². The first-order valence-electron chi connectivity index (χ1n) is 11.8. The molecule has 0 spiro atoms. The normalized spacial score (nSPS) is 12.8. The number of nitrogens with one attached hydrogen (secondary N) is 2. The number of aromatic amines is 1. The number of benzene rings is 4. The number of imide groups is 1. The summed E-state index contributed by atoms with van der Waals surface area (Å²) >= 11 is 0. The van der Waals surface area contributed by atoms with Gasteiger partial charge in [-0.2, -0.15) is 5.21 Å². The molecule has 0 saturated carbocycles. The second-order valence-electron chi connectivity index (χ2n) is 8.64. The first-order chi connectivity index (χ1) is 17.7. The van der Waals surface area contributed by atoms with Crippen LogP contribution in [0.25, 0.3) is 33.3 Å². The molecule has 6 rings (SSSR count). The standard InChI is InChI=1S/C28H22N6O2/c35-27-23-6-1-4-20-5-2-7-24(25(20)23)28(36)34(27)17-3-16-29-22-14-12-19(13-15-22)18-8-10-21(11-9-18)26-30-32-33-31-26/h1-2,4-15,29H,3,16-17H2,(H,30,31,32,33). The average molecular weight is 475 g/mol. The molecule has 8 nitrogen and oxygen atoms in total. The van der Waals surface area contributed by atoms with Crippen molar-refractivity contribution in [2.45, 2.75) is 6.42 Å². The van der Waals surface area contributed by atoms with Crippen molar-refractivity contribution < 1.29 is 9.59 Å². The summed E-state index contributed by atoms with van der Waals surface area (Å²) in [6, 6.07) is 27.3. The molecule has 0 atom stereocenters. The molecule has 0 aliphatic carbocycles. The third-order valence-electron chi connectivity index (χ3n) is 6.45. The summed E-state index contributed by atoms with van der Waals surface area (Å²) in [4.78, 5) is 27.4. The van der Waals surface area contributed by atoms with Crippen LogP contribution in [0.2, 0.25) is 0 Å². The fourth-order valence-corrected chi connectivity index (χ4v) is 4.63. The third kappa shape index (κ3) is 3.88. The Morgan fingerprint density at radius 2 is 1.36 bits per heavy atom. The maximum absolute atomic E-state index is 13.0. The number of aromatic nitrogens is 4. The van der Waals surface area contributed by atoms with Crippen LogP contribution in [0.1, 0.15) is 27.1 Å². The number of rotatable bonds is 7. The molecule has 1 aliphatic rings. The highest BCUT2D eigenvalue weighted by Crippen LogP contribution is 2.30. The van der Waals surface area contributed by atoms with Crippen LogP contribution in [0.15, 0.2) is 84.9 Å². The minimum Gasteiger partial charge on any atom is -0.385 e. The molecular weight excluding hydrogens is 452 g/mol. The Labute approximate surface area is 207 Å². The Bertz CT molecular complexity index is 1510. The molecule has 2 heterocycles. The molecule has 0 fully saturated rings. The number of anilines is 1. The highest BCUT2D eigenvalue weighted by atomic mass is 16.2. The van der Waals surface area contributed by atoms with Gasteiger partial charge in [0.05, 0.1) is 0 Å². The van der Waals surface area contributed by atoms with E-state index in [-0.39, 0.29) is 11.8 Å². The second kappa shape index (κ2) is 9.07. The Hall–Kier alpha value is -4.85. The van der Waals surface area contributed by atoms with E-state index in [0.717, 1.165) is 33.2 Å². The van der Waals surface area contributed by atoms with Gasteiger partial charge in [-0.1, -0.05) is 60.7 Å². The number of amides is 2. The first kappa shape index (κ1) is 21.7. The fraction of sp³-hybridized carbons (Fsp3) is 0.107. The van der Waals surface area contributed by atoms with Crippen LogP contribution in [-0.2, 0) is 0 Å². The van der Waals surface area contributed by atoms with Gasteiger partial charge in [-0.25, -0.2) is 0 Å². The molecular formula is C28H22N6O2. The lowest BCUT2D eigenvalue weighted by atomic mass is 9.94. The number of carbonyl (C=O) groups is 2. The van der Waals surface area contributed by atoms with E-state index in [9.17, 15) is 9.59 Å². The van der Waals surface area contributed by atoms with Gasteiger partial charge in [0.25, 0.3) is 11.8 Å². The van der Waals surface area contributed by atoms with Gasteiger partial charge in [-0.15, -0.1) is 10.2 Å². The summed E-state index contributed by atoms with van der Waals surface area (Å²) in [7, 11) is 0. The van der Waals surface area contributed by atoms with E-state index in [0.29, 0.717) is 36.5 Å². The number of carbonyl (C=O) groups excluding carboxylic acids is 2. The topological polar surface area (TPSA) is 104 Å². The quantitative estimate of drug-likeness (QED) is 0.260. The fourth-order valence-electron chi connectivity index (χ4n) is 4.63. The average Bonchev–Trinajstić information content (AvgIpc) is 3.47. The van der Waals surface area contributed by atoms with Crippen LogP contribution >= 0.6 is 0 Å². The minimum atomic E-state index is -0.223. The van der Waals surface area contributed by atoms with Gasteiger partial charge in [0, 0.05) is 40.9 Å². The molecule has 4 aromatic carbocycles. The first-order valence-corrected chi connectivity index (χ1v) is 11.8. The van der Waals surface area contributed by atoms with Crippen molar-refractivity contribution in [1.29, 1.82) is 0 Å². The lowest BCUT2D eigenvalue weighted by Crippen LogP contribution is -2.41. The molecule has 0 saturated heterocycles. The lowest BCUT2D eigenvalue weighted by Gasteiger charge is -2.27. The summed E-state index contributed by atoms with van der Waals surface area (Å²) in [6.07, 6.45) is 0.648. The van der Waals surface area contributed by atoms with E-state index in [2.05, 4.69) is 38.1 Å². The van der Waals surface area contributed by atoms with Gasteiger partial charge in [0.15, 0.2) is 0 Å². The lowest BCUT2D eigenvalue weighted by molar-refractivity contribution is 0.0610. The number of H-pyrrole nitrogens is 1. The maximum atomic E-state index is 13.0. The Morgan fingerprint density at radius 3 is 1.97 bits per heavy atom. The van der Waals surface area contributed by atoms with Crippen molar-refractivity contribution in [3.8, 4) is 22.5 Å². The molecule has 1 aromatic heterocycles. The maximum Gasteiger partial charge on any atom is 0.261 e. The monoisotopic (exact) mass is 474 g/mol. The predicted molar refractivity (Wildman–Crippen MR) is 137 cm³/mol. The van der Waals surface area contributed by atoms with E-state index in [1.54, 1.807) is 12.1 Å². The van der Waals surface area contributed by atoms with Crippen molar-refractivity contribution in [2.24, 2.45) is 0 Å². The molecule has 1 aliphatic heterocycles. The third-order valence-corrected chi connectivity index (χ3v) is 6.45. The van der Waals surface area contributed by atoms with E-state index in [1.165, 1.54) is 4.90 Å². The molecule has 176 valence electrons. The van der Waals surface area contributed by atoms with Crippen molar-refractivity contribution in [1.82, 2.24) is 25.5 Å². The molecule has 0 radical (unpaired) electrons. The molecule has 2 N–H and O–H groups in total. The number of hydrogen-bond acceptors (Lipinski definition) is 6. The molecule has 0 bridgehead atoms. The molecule has 36 heavy (non-hydrogen) atoms.